The molecule has 1 aromatic heterocycles. The van der Waals surface area contributed by atoms with Crippen LogP contribution in [0.3, 0.4) is 0 Å². The number of para-hydroxylation sites is 1. The van der Waals surface area contributed by atoms with E-state index in [0.29, 0.717) is 5.56 Å². The van der Waals surface area contributed by atoms with Crippen molar-refractivity contribution in [3.63, 3.8) is 0 Å². The quantitative estimate of drug-likeness (QED) is 0.747. The van der Waals surface area contributed by atoms with Crippen LogP contribution < -0.4 is 10.6 Å². The van der Waals surface area contributed by atoms with Gasteiger partial charge in [-0.25, -0.2) is 4.98 Å². The molecule has 0 aliphatic heterocycles. The van der Waals surface area contributed by atoms with Crippen LogP contribution in [0.15, 0.2) is 36.5 Å². The molecule has 4 nitrogen and oxygen atoms in total. The van der Waals surface area contributed by atoms with Crippen LogP contribution in [0.1, 0.15) is 47.7 Å². The summed E-state index contributed by atoms with van der Waals surface area (Å²) in [6, 6.07) is 9.81. The molecule has 0 saturated heterocycles. The standard InChI is InChI=1S/C19H25N3O/c1-4-5-6-12-20-19(23)16-10-11-17(21-13-16)22-18-14(2)8-7-9-15(18)3/h7-11,13H,4-6,12H2,1-3H3,(H,20,23)(H,21,22). The summed E-state index contributed by atoms with van der Waals surface area (Å²) in [7, 11) is 0. The molecule has 2 aromatic rings. The van der Waals surface area contributed by atoms with E-state index in [1.807, 2.05) is 12.1 Å². The Kier molecular flexibility index (Phi) is 6.15. The van der Waals surface area contributed by atoms with Gasteiger partial charge in [-0.1, -0.05) is 38.0 Å². The number of hydrogen-bond acceptors (Lipinski definition) is 3. The van der Waals surface area contributed by atoms with Gasteiger partial charge < -0.3 is 10.6 Å². The lowest BCUT2D eigenvalue weighted by Crippen LogP contribution is -2.24. The van der Waals surface area contributed by atoms with Gasteiger partial charge in [0.05, 0.1) is 5.56 Å². The minimum atomic E-state index is -0.0628. The van der Waals surface area contributed by atoms with Gasteiger partial charge in [0.25, 0.3) is 5.91 Å². The normalized spacial score (nSPS) is 10.4. The zero-order chi connectivity index (χ0) is 16.7. The Morgan fingerprint density at radius 3 is 2.43 bits per heavy atom. The number of hydrogen-bond donors (Lipinski definition) is 2. The zero-order valence-corrected chi connectivity index (χ0v) is 14.1. The summed E-state index contributed by atoms with van der Waals surface area (Å²) in [6.45, 7) is 6.99. The Morgan fingerprint density at radius 1 is 1.09 bits per heavy atom. The van der Waals surface area contributed by atoms with Gasteiger partial charge in [-0.05, 0) is 43.5 Å². The molecular weight excluding hydrogens is 286 g/mol. The molecule has 0 radical (unpaired) electrons. The molecule has 1 aromatic carbocycles. The number of aryl methyl sites for hydroxylation is 2. The largest absolute Gasteiger partial charge is 0.352 e. The van der Waals surface area contributed by atoms with Crippen molar-refractivity contribution in [1.29, 1.82) is 0 Å². The van der Waals surface area contributed by atoms with E-state index in [-0.39, 0.29) is 5.91 Å². The van der Waals surface area contributed by atoms with Crippen LogP contribution >= 0.6 is 0 Å². The number of nitrogens with zero attached hydrogens (tertiary/aromatic N) is 1. The van der Waals surface area contributed by atoms with Gasteiger partial charge in [0.15, 0.2) is 0 Å². The first-order valence-electron chi connectivity index (χ1n) is 8.19. The molecule has 2 rings (SSSR count). The number of aromatic nitrogens is 1. The van der Waals surface area contributed by atoms with Crippen LogP contribution in [-0.4, -0.2) is 17.4 Å². The highest BCUT2D eigenvalue weighted by Gasteiger charge is 2.07. The van der Waals surface area contributed by atoms with Crippen LogP contribution in [0.2, 0.25) is 0 Å². The second kappa shape index (κ2) is 8.32. The third kappa shape index (κ3) is 4.81. The molecule has 0 spiro atoms. The summed E-state index contributed by atoms with van der Waals surface area (Å²) in [4.78, 5) is 16.4. The van der Waals surface area contributed by atoms with E-state index in [0.717, 1.165) is 37.3 Å². The van der Waals surface area contributed by atoms with E-state index in [1.165, 1.54) is 11.1 Å². The number of nitrogens with one attached hydrogen (secondary N) is 2. The van der Waals surface area contributed by atoms with E-state index in [1.54, 1.807) is 12.3 Å². The molecule has 0 fully saturated rings. The van der Waals surface area contributed by atoms with Crippen LogP contribution in [0, 0.1) is 13.8 Å². The van der Waals surface area contributed by atoms with Crippen molar-refractivity contribution >= 4 is 17.4 Å². The fraction of sp³-hybridized carbons (Fsp3) is 0.368. The Balaban J connectivity index is 1.98. The number of pyridine rings is 1. The number of rotatable bonds is 7. The first-order chi connectivity index (χ1) is 11.1. The first-order valence-corrected chi connectivity index (χ1v) is 8.19. The molecule has 1 amide bonds. The van der Waals surface area contributed by atoms with E-state index in [9.17, 15) is 4.79 Å². The summed E-state index contributed by atoms with van der Waals surface area (Å²) in [5, 5.41) is 6.25. The zero-order valence-electron chi connectivity index (χ0n) is 14.1. The Bertz CT molecular complexity index is 630. The molecule has 0 aliphatic carbocycles. The van der Waals surface area contributed by atoms with Gasteiger partial charge in [-0.3, -0.25) is 4.79 Å². The number of unbranched alkanes of at least 4 members (excludes halogenated alkanes) is 2. The molecule has 0 bridgehead atoms. The van der Waals surface area contributed by atoms with Crippen LogP contribution in [0.25, 0.3) is 0 Å². The monoisotopic (exact) mass is 311 g/mol. The summed E-state index contributed by atoms with van der Waals surface area (Å²) in [6.07, 6.45) is 4.92. The molecule has 0 saturated carbocycles. The number of amides is 1. The molecule has 4 heteroatoms. The highest BCUT2D eigenvalue weighted by atomic mass is 16.1. The van der Waals surface area contributed by atoms with Crippen molar-refractivity contribution in [1.82, 2.24) is 10.3 Å². The molecule has 0 aliphatic rings. The lowest BCUT2D eigenvalue weighted by molar-refractivity contribution is 0.0952. The summed E-state index contributed by atoms with van der Waals surface area (Å²) >= 11 is 0. The van der Waals surface area contributed by atoms with Crippen LogP contribution in [0.4, 0.5) is 11.5 Å². The average molecular weight is 311 g/mol. The lowest BCUT2D eigenvalue weighted by Gasteiger charge is -2.12. The van der Waals surface area contributed by atoms with Crippen molar-refractivity contribution in [3.05, 3.63) is 53.2 Å². The van der Waals surface area contributed by atoms with Crippen molar-refractivity contribution < 1.29 is 4.79 Å². The van der Waals surface area contributed by atoms with Gasteiger partial charge in [0.1, 0.15) is 5.82 Å². The van der Waals surface area contributed by atoms with Gasteiger partial charge in [0, 0.05) is 18.4 Å². The predicted molar refractivity (Wildman–Crippen MR) is 95.3 cm³/mol. The Labute approximate surface area is 138 Å². The fourth-order valence-electron chi connectivity index (χ4n) is 2.42. The molecular formula is C19H25N3O. The van der Waals surface area contributed by atoms with Crippen LogP contribution in [-0.2, 0) is 0 Å². The molecule has 0 atom stereocenters. The number of carbonyl (C=O) groups is 1. The maximum absolute atomic E-state index is 12.0. The van der Waals surface area contributed by atoms with E-state index in [2.05, 4.69) is 48.5 Å². The molecule has 122 valence electrons. The third-order valence-electron chi connectivity index (χ3n) is 3.83. The summed E-state index contributed by atoms with van der Waals surface area (Å²) < 4.78 is 0. The predicted octanol–water partition coefficient (Wildman–Crippen LogP) is 4.36. The minimum Gasteiger partial charge on any atom is -0.352 e. The average Bonchev–Trinajstić information content (AvgIpc) is 2.55. The van der Waals surface area contributed by atoms with E-state index in [4.69, 9.17) is 0 Å². The third-order valence-corrected chi connectivity index (χ3v) is 3.83. The minimum absolute atomic E-state index is 0.0628. The molecule has 0 unspecified atom stereocenters. The highest BCUT2D eigenvalue weighted by molar-refractivity contribution is 5.94. The number of anilines is 2. The van der Waals surface area contributed by atoms with Gasteiger partial charge in [-0.2, -0.15) is 0 Å². The topological polar surface area (TPSA) is 54.0 Å². The highest BCUT2D eigenvalue weighted by Crippen LogP contribution is 2.23. The van der Waals surface area contributed by atoms with Crippen molar-refractivity contribution in [2.75, 3.05) is 11.9 Å². The smallest absolute Gasteiger partial charge is 0.252 e. The van der Waals surface area contributed by atoms with E-state index >= 15 is 0 Å². The van der Waals surface area contributed by atoms with Gasteiger partial charge in [-0.15, -0.1) is 0 Å². The second-order valence-electron chi connectivity index (χ2n) is 5.79. The number of carbonyl (C=O) groups excluding carboxylic acids is 1. The lowest BCUT2D eigenvalue weighted by atomic mass is 10.1. The van der Waals surface area contributed by atoms with Crippen molar-refractivity contribution in [2.45, 2.75) is 40.0 Å². The maximum Gasteiger partial charge on any atom is 0.252 e. The van der Waals surface area contributed by atoms with Crippen LogP contribution in [0.5, 0.6) is 0 Å². The Morgan fingerprint density at radius 2 is 1.83 bits per heavy atom. The second-order valence-corrected chi connectivity index (χ2v) is 5.79. The summed E-state index contributed by atoms with van der Waals surface area (Å²) in [5.41, 5.74) is 4.00. The van der Waals surface area contributed by atoms with Crippen molar-refractivity contribution in [2.24, 2.45) is 0 Å². The maximum atomic E-state index is 12.0. The summed E-state index contributed by atoms with van der Waals surface area (Å²) in [5.74, 6) is 0.678. The molecule has 2 N–H and O–H groups in total. The van der Waals surface area contributed by atoms with E-state index < -0.39 is 0 Å². The first kappa shape index (κ1) is 17.0. The van der Waals surface area contributed by atoms with Gasteiger partial charge in [0.2, 0.25) is 0 Å². The van der Waals surface area contributed by atoms with Gasteiger partial charge >= 0.3 is 0 Å². The Hall–Kier alpha value is -2.36. The molecule has 23 heavy (non-hydrogen) atoms. The molecule has 1 heterocycles. The fourth-order valence-corrected chi connectivity index (χ4v) is 2.42. The SMILES string of the molecule is CCCCCNC(=O)c1ccc(Nc2c(C)cccc2C)nc1. The number of benzene rings is 1. The van der Waals surface area contributed by atoms with Crippen molar-refractivity contribution in [3.8, 4) is 0 Å².